The van der Waals surface area contributed by atoms with E-state index in [1.807, 2.05) is 48.7 Å². The standard InChI is InChI=1S/C23H28N4O/c1-18(19-9-4-3-5-10-19)28-16-8-14-26-23(24-2)27-17-20-13-15-25-22-12-7-6-11-21(20)22/h3-7,9-13,15,18H,8,14,16-17H2,1-2H3,(H2,24,26,27). The fraction of sp³-hybridized carbons (Fsp3) is 0.304. The monoisotopic (exact) mass is 376 g/mol. The average Bonchev–Trinajstić information content (AvgIpc) is 2.76. The number of rotatable bonds is 8. The molecule has 0 amide bonds. The van der Waals surface area contributed by atoms with Crippen LogP contribution in [0, 0.1) is 0 Å². The van der Waals surface area contributed by atoms with Crippen LogP contribution in [0.15, 0.2) is 71.9 Å². The van der Waals surface area contributed by atoms with Gasteiger partial charge in [0.1, 0.15) is 0 Å². The van der Waals surface area contributed by atoms with Crippen molar-refractivity contribution in [1.82, 2.24) is 15.6 Å². The number of aliphatic imine (C=N–C) groups is 1. The van der Waals surface area contributed by atoms with Crippen LogP contribution in [0.1, 0.15) is 30.6 Å². The Bertz CT molecular complexity index is 890. The van der Waals surface area contributed by atoms with Gasteiger partial charge in [0.2, 0.25) is 0 Å². The van der Waals surface area contributed by atoms with Gasteiger partial charge in [-0.25, -0.2) is 0 Å². The summed E-state index contributed by atoms with van der Waals surface area (Å²) in [6, 6.07) is 20.5. The molecular formula is C23H28N4O. The zero-order chi connectivity index (χ0) is 19.6. The molecule has 0 bridgehead atoms. The van der Waals surface area contributed by atoms with E-state index in [-0.39, 0.29) is 6.10 Å². The Morgan fingerprint density at radius 2 is 1.82 bits per heavy atom. The van der Waals surface area contributed by atoms with Crippen LogP contribution in [0.4, 0.5) is 0 Å². The highest BCUT2D eigenvalue weighted by molar-refractivity contribution is 5.83. The molecule has 5 heteroatoms. The topological polar surface area (TPSA) is 58.5 Å². The molecule has 5 nitrogen and oxygen atoms in total. The normalized spacial score (nSPS) is 12.7. The lowest BCUT2D eigenvalue weighted by molar-refractivity contribution is 0.0646. The lowest BCUT2D eigenvalue weighted by atomic mass is 10.1. The largest absolute Gasteiger partial charge is 0.374 e. The molecule has 0 aliphatic rings. The van der Waals surface area contributed by atoms with E-state index in [0.717, 1.165) is 29.8 Å². The minimum Gasteiger partial charge on any atom is -0.374 e. The molecule has 0 aliphatic heterocycles. The van der Waals surface area contributed by atoms with Crippen LogP contribution in [0.25, 0.3) is 10.9 Å². The molecule has 0 radical (unpaired) electrons. The molecule has 1 unspecified atom stereocenters. The molecule has 0 aliphatic carbocycles. The highest BCUT2D eigenvalue weighted by Gasteiger charge is 2.05. The van der Waals surface area contributed by atoms with E-state index in [9.17, 15) is 0 Å². The Morgan fingerprint density at radius 1 is 1.04 bits per heavy atom. The highest BCUT2D eigenvalue weighted by atomic mass is 16.5. The fourth-order valence-corrected chi connectivity index (χ4v) is 3.07. The van der Waals surface area contributed by atoms with E-state index < -0.39 is 0 Å². The van der Waals surface area contributed by atoms with E-state index in [1.54, 1.807) is 7.05 Å². The Morgan fingerprint density at radius 3 is 2.64 bits per heavy atom. The molecular weight excluding hydrogens is 348 g/mol. The van der Waals surface area contributed by atoms with Crippen molar-refractivity contribution in [3.05, 3.63) is 78.0 Å². The summed E-state index contributed by atoms with van der Waals surface area (Å²) in [6.45, 7) is 4.29. The summed E-state index contributed by atoms with van der Waals surface area (Å²) in [5, 5.41) is 7.88. The number of hydrogen-bond donors (Lipinski definition) is 2. The SMILES string of the molecule is CN=C(NCCCOC(C)c1ccccc1)NCc1ccnc2ccccc12. The van der Waals surface area contributed by atoms with Crippen LogP contribution >= 0.6 is 0 Å². The van der Waals surface area contributed by atoms with Gasteiger partial charge < -0.3 is 15.4 Å². The fourth-order valence-electron chi connectivity index (χ4n) is 3.07. The number of benzene rings is 2. The number of guanidine groups is 1. The maximum absolute atomic E-state index is 5.91. The molecule has 146 valence electrons. The molecule has 2 aromatic carbocycles. The second-order valence-corrected chi connectivity index (χ2v) is 6.62. The number of aromatic nitrogens is 1. The number of fused-ring (bicyclic) bond motifs is 1. The molecule has 0 saturated heterocycles. The molecule has 1 aromatic heterocycles. The number of ether oxygens (including phenoxy) is 1. The summed E-state index contributed by atoms with van der Waals surface area (Å²) >= 11 is 0. The third-order valence-corrected chi connectivity index (χ3v) is 4.66. The third-order valence-electron chi connectivity index (χ3n) is 4.66. The molecule has 0 spiro atoms. The van der Waals surface area contributed by atoms with Crippen molar-refractivity contribution < 1.29 is 4.74 Å². The van der Waals surface area contributed by atoms with Crippen molar-refractivity contribution in [2.75, 3.05) is 20.2 Å². The van der Waals surface area contributed by atoms with Crippen molar-refractivity contribution in [3.63, 3.8) is 0 Å². The smallest absolute Gasteiger partial charge is 0.191 e. The van der Waals surface area contributed by atoms with Crippen LogP contribution in [-0.2, 0) is 11.3 Å². The maximum Gasteiger partial charge on any atom is 0.191 e. The Labute approximate surface area is 166 Å². The van der Waals surface area contributed by atoms with Crippen LogP contribution in [0.2, 0.25) is 0 Å². The summed E-state index contributed by atoms with van der Waals surface area (Å²) in [4.78, 5) is 8.71. The summed E-state index contributed by atoms with van der Waals surface area (Å²) in [5.74, 6) is 0.789. The third kappa shape index (κ3) is 5.54. The van der Waals surface area contributed by atoms with Gasteiger partial charge >= 0.3 is 0 Å². The predicted octanol–water partition coefficient (Wildman–Crippen LogP) is 4.07. The van der Waals surface area contributed by atoms with Crippen molar-refractivity contribution in [2.24, 2.45) is 4.99 Å². The predicted molar refractivity (Wildman–Crippen MR) is 115 cm³/mol. The quantitative estimate of drug-likeness (QED) is 0.353. The minimum absolute atomic E-state index is 0.110. The van der Waals surface area contributed by atoms with Gasteiger partial charge in [-0.05, 0) is 36.6 Å². The maximum atomic E-state index is 5.91. The van der Waals surface area contributed by atoms with E-state index in [1.165, 1.54) is 11.1 Å². The van der Waals surface area contributed by atoms with Crippen LogP contribution < -0.4 is 10.6 Å². The zero-order valence-electron chi connectivity index (χ0n) is 16.6. The second kappa shape index (κ2) is 10.4. The molecule has 3 rings (SSSR count). The lowest BCUT2D eigenvalue weighted by Crippen LogP contribution is -2.37. The van der Waals surface area contributed by atoms with Gasteiger partial charge in [-0.15, -0.1) is 0 Å². The van der Waals surface area contributed by atoms with Gasteiger partial charge in [-0.1, -0.05) is 48.5 Å². The van der Waals surface area contributed by atoms with Gasteiger partial charge in [-0.2, -0.15) is 0 Å². The second-order valence-electron chi connectivity index (χ2n) is 6.62. The molecule has 0 fully saturated rings. The minimum atomic E-state index is 0.110. The summed E-state index contributed by atoms with van der Waals surface area (Å²) in [7, 11) is 1.79. The molecule has 1 heterocycles. The van der Waals surface area contributed by atoms with Gasteiger partial charge in [-0.3, -0.25) is 9.98 Å². The van der Waals surface area contributed by atoms with E-state index in [2.05, 4.69) is 45.7 Å². The van der Waals surface area contributed by atoms with E-state index in [0.29, 0.717) is 13.2 Å². The van der Waals surface area contributed by atoms with Gasteiger partial charge in [0.25, 0.3) is 0 Å². The number of nitrogens with zero attached hydrogens (tertiary/aromatic N) is 2. The van der Waals surface area contributed by atoms with Crippen LogP contribution in [0.3, 0.4) is 0 Å². The van der Waals surface area contributed by atoms with Crippen molar-refractivity contribution in [3.8, 4) is 0 Å². The van der Waals surface area contributed by atoms with Gasteiger partial charge in [0.05, 0.1) is 11.6 Å². The summed E-state index contributed by atoms with van der Waals surface area (Å²) in [5.41, 5.74) is 3.42. The van der Waals surface area contributed by atoms with Crippen LogP contribution in [0.5, 0.6) is 0 Å². The van der Waals surface area contributed by atoms with E-state index in [4.69, 9.17) is 4.74 Å². The van der Waals surface area contributed by atoms with Crippen LogP contribution in [-0.4, -0.2) is 31.1 Å². The lowest BCUT2D eigenvalue weighted by Gasteiger charge is -2.15. The summed E-state index contributed by atoms with van der Waals surface area (Å²) in [6.07, 6.45) is 2.87. The highest BCUT2D eigenvalue weighted by Crippen LogP contribution is 2.16. The van der Waals surface area contributed by atoms with Crippen molar-refractivity contribution in [2.45, 2.75) is 26.0 Å². The number of hydrogen-bond acceptors (Lipinski definition) is 3. The first-order valence-corrected chi connectivity index (χ1v) is 9.71. The van der Waals surface area contributed by atoms with Gasteiger partial charge in [0.15, 0.2) is 5.96 Å². The molecule has 0 saturated carbocycles. The first-order valence-electron chi connectivity index (χ1n) is 9.71. The Balaban J connectivity index is 1.40. The first kappa shape index (κ1) is 19.8. The average molecular weight is 377 g/mol. The molecule has 2 N–H and O–H groups in total. The molecule has 3 aromatic rings. The zero-order valence-corrected chi connectivity index (χ0v) is 16.6. The Hall–Kier alpha value is -2.92. The van der Waals surface area contributed by atoms with E-state index >= 15 is 0 Å². The summed E-state index contributed by atoms with van der Waals surface area (Å²) < 4.78 is 5.91. The first-order chi connectivity index (χ1) is 13.8. The number of para-hydroxylation sites is 1. The molecule has 28 heavy (non-hydrogen) atoms. The Kier molecular flexibility index (Phi) is 7.38. The number of nitrogens with one attached hydrogen (secondary N) is 2. The van der Waals surface area contributed by atoms with Gasteiger partial charge in [0, 0.05) is 38.3 Å². The molecule has 1 atom stereocenters. The van der Waals surface area contributed by atoms with Crippen molar-refractivity contribution >= 4 is 16.9 Å². The van der Waals surface area contributed by atoms with Crippen molar-refractivity contribution in [1.29, 1.82) is 0 Å². The number of pyridine rings is 1.